The Kier molecular flexibility index (Phi) is 5.63. The minimum Gasteiger partial charge on any atom is -0.493 e. The largest absolute Gasteiger partial charge is 0.493 e. The van der Waals surface area contributed by atoms with Gasteiger partial charge in [0.2, 0.25) is 11.8 Å². The number of ketones is 1. The molecule has 2 amide bonds. The molecule has 1 aliphatic heterocycles. The van der Waals surface area contributed by atoms with Crippen molar-refractivity contribution in [3.8, 4) is 11.5 Å². The molecule has 28 heavy (non-hydrogen) atoms. The first-order valence-corrected chi connectivity index (χ1v) is 8.87. The van der Waals surface area contributed by atoms with Crippen molar-refractivity contribution in [1.82, 2.24) is 0 Å². The molecule has 0 radical (unpaired) electrons. The summed E-state index contributed by atoms with van der Waals surface area (Å²) >= 11 is 0. The van der Waals surface area contributed by atoms with E-state index in [0.29, 0.717) is 28.4 Å². The van der Waals surface area contributed by atoms with Crippen LogP contribution in [0.1, 0.15) is 23.7 Å². The number of ether oxygens (including phenoxy) is 2. The maximum absolute atomic E-state index is 12.6. The molecule has 1 heterocycles. The number of amides is 2. The molecule has 7 heteroatoms. The van der Waals surface area contributed by atoms with Crippen LogP contribution < -0.4 is 19.7 Å². The van der Waals surface area contributed by atoms with E-state index in [1.807, 2.05) is 0 Å². The number of nitrogens with zero attached hydrogens (tertiary/aromatic N) is 1. The SMILES string of the molecule is COc1ccc(N2CC(C(=O)Nc3cccc(C(C)=O)c3)CC2=O)cc1OC. The van der Waals surface area contributed by atoms with E-state index >= 15 is 0 Å². The molecule has 1 unspecified atom stereocenters. The lowest BCUT2D eigenvalue weighted by Crippen LogP contribution is -2.28. The molecule has 1 fully saturated rings. The first kappa shape index (κ1) is 19.4. The van der Waals surface area contributed by atoms with Gasteiger partial charge in [-0.15, -0.1) is 0 Å². The monoisotopic (exact) mass is 382 g/mol. The summed E-state index contributed by atoms with van der Waals surface area (Å²) in [7, 11) is 3.07. The van der Waals surface area contributed by atoms with Crippen LogP contribution in [-0.2, 0) is 9.59 Å². The molecule has 2 aromatic carbocycles. The van der Waals surface area contributed by atoms with Gasteiger partial charge in [0.25, 0.3) is 0 Å². The molecule has 0 saturated carbocycles. The quantitative estimate of drug-likeness (QED) is 0.777. The molecule has 0 aromatic heterocycles. The molecule has 1 atom stereocenters. The number of nitrogens with one attached hydrogen (secondary N) is 1. The van der Waals surface area contributed by atoms with Crippen LogP contribution in [0.25, 0.3) is 0 Å². The lowest BCUT2D eigenvalue weighted by molar-refractivity contribution is -0.122. The number of hydrogen-bond acceptors (Lipinski definition) is 5. The molecular formula is C21H22N2O5. The highest BCUT2D eigenvalue weighted by Gasteiger charge is 2.35. The summed E-state index contributed by atoms with van der Waals surface area (Å²) < 4.78 is 10.5. The van der Waals surface area contributed by atoms with E-state index in [1.165, 1.54) is 14.0 Å². The summed E-state index contributed by atoms with van der Waals surface area (Å²) in [4.78, 5) is 38.2. The van der Waals surface area contributed by atoms with Gasteiger partial charge in [-0.2, -0.15) is 0 Å². The maximum Gasteiger partial charge on any atom is 0.229 e. The fourth-order valence-corrected chi connectivity index (χ4v) is 3.19. The fraction of sp³-hybridized carbons (Fsp3) is 0.286. The average molecular weight is 382 g/mol. The van der Waals surface area contributed by atoms with Crippen molar-refractivity contribution in [2.24, 2.45) is 5.92 Å². The molecular weight excluding hydrogens is 360 g/mol. The first-order valence-electron chi connectivity index (χ1n) is 8.87. The maximum atomic E-state index is 12.6. The van der Waals surface area contributed by atoms with Crippen molar-refractivity contribution in [3.63, 3.8) is 0 Å². The Morgan fingerprint density at radius 2 is 1.82 bits per heavy atom. The Bertz CT molecular complexity index is 925. The van der Waals surface area contributed by atoms with E-state index in [9.17, 15) is 14.4 Å². The molecule has 1 aliphatic rings. The van der Waals surface area contributed by atoms with Crippen LogP contribution in [0.4, 0.5) is 11.4 Å². The Labute approximate surface area is 163 Å². The van der Waals surface area contributed by atoms with Gasteiger partial charge in [-0.05, 0) is 31.2 Å². The summed E-state index contributed by atoms with van der Waals surface area (Å²) in [5.74, 6) is 0.134. The smallest absolute Gasteiger partial charge is 0.229 e. The van der Waals surface area contributed by atoms with Crippen LogP contribution >= 0.6 is 0 Å². The number of carbonyl (C=O) groups excluding carboxylic acids is 3. The van der Waals surface area contributed by atoms with Crippen LogP contribution in [0.2, 0.25) is 0 Å². The second-order valence-electron chi connectivity index (χ2n) is 6.57. The summed E-state index contributed by atoms with van der Waals surface area (Å²) in [6.45, 7) is 1.74. The third kappa shape index (κ3) is 3.98. The van der Waals surface area contributed by atoms with E-state index in [4.69, 9.17) is 9.47 Å². The predicted molar refractivity (Wildman–Crippen MR) is 105 cm³/mol. The van der Waals surface area contributed by atoms with Gasteiger partial charge in [-0.25, -0.2) is 0 Å². The number of methoxy groups -OCH3 is 2. The third-order valence-electron chi connectivity index (χ3n) is 4.71. The molecule has 0 spiro atoms. The summed E-state index contributed by atoms with van der Waals surface area (Å²) in [5, 5.41) is 2.80. The second kappa shape index (κ2) is 8.12. The van der Waals surface area contributed by atoms with Crippen molar-refractivity contribution in [1.29, 1.82) is 0 Å². The molecule has 1 N–H and O–H groups in total. The Hall–Kier alpha value is -3.35. The predicted octanol–water partition coefficient (Wildman–Crippen LogP) is 2.90. The van der Waals surface area contributed by atoms with Crippen molar-refractivity contribution in [2.45, 2.75) is 13.3 Å². The van der Waals surface area contributed by atoms with Gasteiger partial charge in [0.05, 0.1) is 20.1 Å². The van der Waals surface area contributed by atoms with Gasteiger partial charge in [0.1, 0.15) is 0 Å². The van der Waals surface area contributed by atoms with Crippen LogP contribution in [0.3, 0.4) is 0 Å². The molecule has 0 aliphatic carbocycles. The second-order valence-corrected chi connectivity index (χ2v) is 6.57. The van der Waals surface area contributed by atoms with Crippen molar-refractivity contribution in [3.05, 3.63) is 48.0 Å². The van der Waals surface area contributed by atoms with E-state index < -0.39 is 5.92 Å². The van der Waals surface area contributed by atoms with E-state index in [1.54, 1.807) is 54.5 Å². The van der Waals surface area contributed by atoms with Gasteiger partial charge in [0, 0.05) is 36.0 Å². The molecule has 0 bridgehead atoms. The molecule has 3 rings (SSSR count). The number of benzene rings is 2. The Balaban J connectivity index is 1.73. The lowest BCUT2D eigenvalue weighted by atomic mass is 10.1. The van der Waals surface area contributed by atoms with Crippen molar-refractivity contribution < 1.29 is 23.9 Å². The summed E-state index contributed by atoms with van der Waals surface area (Å²) in [5.41, 5.74) is 1.71. The van der Waals surface area contributed by atoms with Crippen molar-refractivity contribution >= 4 is 29.0 Å². The number of carbonyl (C=O) groups is 3. The van der Waals surface area contributed by atoms with E-state index in [0.717, 1.165) is 0 Å². The molecule has 7 nitrogen and oxygen atoms in total. The minimum atomic E-state index is -0.485. The zero-order valence-corrected chi connectivity index (χ0v) is 16.0. The van der Waals surface area contributed by atoms with Crippen LogP contribution in [0, 0.1) is 5.92 Å². The molecule has 2 aromatic rings. The Morgan fingerprint density at radius 3 is 2.50 bits per heavy atom. The highest BCUT2D eigenvalue weighted by atomic mass is 16.5. The van der Waals surface area contributed by atoms with Gasteiger partial charge in [0.15, 0.2) is 17.3 Å². The van der Waals surface area contributed by atoms with Gasteiger partial charge < -0.3 is 19.7 Å². The van der Waals surface area contributed by atoms with Crippen LogP contribution in [-0.4, -0.2) is 38.4 Å². The van der Waals surface area contributed by atoms with Gasteiger partial charge in [-0.3, -0.25) is 14.4 Å². The zero-order valence-electron chi connectivity index (χ0n) is 16.0. The summed E-state index contributed by atoms with van der Waals surface area (Å²) in [6, 6.07) is 11.9. The number of hydrogen-bond donors (Lipinski definition) is 1. The number of Topliss-reactive ketones (excluding diaryl/α,β-unsaturated/α-hetero) is 1. The highest BCUT2D eigenvalue weighted by molar-refractivity contribution is 6.04. The van der Waals surface area contributed by atoms with E-state index in [-0.39, 0.29) is 30.6 Å². The first-order chi connectivity index (χ1) is 13.4. The standard InChI is InChI=1S/C21H22N2O5/c1-13(24)14-5-4-6-16(9-14)22-21(26)15-10-20(25)23(12-15)17-7-8-18(27-2)19(11-17)28-3/h4-9,11,15H,10,12H2,1-3H3,(H,22,26). The fourth-order valence-electron chi connectivity index (χ4n) is 3.19. The van der Waals surface area contributed by atoms with Crippen LogP contribution in [0.15, 0.2) is 42.5 Å². The number of rotatable bonds is 6. The van der Waals surface area contributed by atoms with Crippen molar-refractivity contribution in [2.75, 3.05) is 31.0 Å². The lowest BCUT2D eigenvalue weighted by Gasteiger charge is -2.18. The average Bonchev–Trinajstić information content (AvgIpc) is 3.09. The highest BCUT2D eigenvalue weighted by Crippen LogP contribution is 2.34. The summed E-state index contributed by atoms with van der Waals surface area (Å²) in [6.07, 6.45) is 0.118. The third-order valence-corrected chi connectivity index (χ3v) is 4.71. The van der Waals surface area contributed by atoms with Gasteiger partial charge in [-0.1, -0.05) is 12.1 Å². The Morgan fingerprint density at radius 1 is 1.07 bits per heavy atom. The van der Waals surface area contributed by atoms with Crippen LogP contribution in [0.5, 0.6) is 11.5 Å². The molecule has 146 valence electrons. The minimum absolute atomic E-state index is 0.0771. The van der Waals surface area contributed by atoms with E-state index in [2.05, 4.69) is 5.32 Å². The zero-order chi connectivity index (χ0) is 20.3. The number of anilines is 2. The topological polar surface area (TPSA) is 84.9 Å². The molecule has 1 saturated heterocycles. The normalized spacial score (nSPS) is 16.0. The van der Waals surface area contributed by atoms with Gasteiger partial charge >= 0.3 is 0 Å².